The molecule has 1 aromatic heterocycles. The largest absolute Gasteiger partial charge is 0.481 e. The molecule has 0 saturated carbocycles. The van der Waals surface area contributed by atoms with Gasteiger partial charge in [-0.15, -0.1) is 11.3 Å². The number of amides is 2. The van der Waals surface area contributed by atoms with Crippen LogP contribution in [0.15, 0.2) is 35.8 Å². The van der Waals surface area contributed by atoms with Crippen molar-refractivity contribution in [3.63, 3.8) is 0 Å². The molecule has 2 atom stereocenters. The van der Waals surface area contributed by atoms with Crippen LogP contribution in [0, 0.1) is 5.92 Å². The number of carbonyl (C=O) groups is 5. The fraction of sp³-hybridized carbons (Fsp3) is 0.391. The monoisotopic (exact) mass is 489 g/mol. The van der Waals surface area contributed by atoms with Gasteiger partial charge in [0, 0.05) is 48.7 Å². The summed E-state index contributed by atoms with van der Waals surface area (Å²) in [4.78, 5) is 62.8. The van der Waals surface area contributed by atoms with Crippen LogP contribution in [0.1, 0.15) is 44.1 Å². The average Bonchev–Trinajstić information content (AvgIpc) is 3.32. The number of carboxylic acids is 2. The fourth-order valence-corrected chi connectivity index (χ4v) is 3.96. The molecule has 34 heavy (non-hydrogen) atoms. The maximum Gasteiger partial charge on any atom is 0.303 e. The van der Waals surface area contributed by atoms with E-state index in [1.54, 1.807) is 6.20 Å². The number of carbonyl (C=O) groups excluding carboxylic acids is 3. The number of nitrogens with one attached hydrogen (secondary N) is 1. The number of ketones is 1. The van der Waals surface area contributed by atoms with Crippen LogP contribution in [0.5, 0.6) is 0 Å². The molecule has 0 saturated heterocycles. The Kier molecular flexibility index (Phi) is 10.3. The van der Waals surface area contributed by atoms with Crippen LogP contribution in [0.4, 0.5) is 0 Å². The van der Waals surface area contributed by atoms with Gasteiger partial charge in [0.05, 0.1) is 6.04 Å². The molecule has 0 aliphatic rings. The van der Waals surface area contributed by atoms with E-state index in [0.29, 0.717) is 6.42 Å². The number of carboxylic acid groups (broad SMARTS) is 2. The molecule has 0 unspecified atom stereocenters. The molecule has 0 spiro atoms. The molecule has 1 aromatic carbocycles. The minimum absolute atomic E-state index is 0.0751. The number of aromatic nitrogens is 1. The highest BCUT2D eigenvalue weighted by molar-refractivity contribution is 7.13. The minimum atomic E-state index is -1.13. The molecule has 10 nitrogen and oxygen atoms in total. The highest BCUT2D eigenvalue weighted by atomic mass is 32.1. The number of hydrogen-bond acceptors (Lipinski definition) is 7. The molecule has 5 N–H and O–H groups in total. The third-order valence-electron chi connectivity index (χ3n) is 5.20. The third kappa shape index (κ3) is 9.10. The van der Waals surface area contributed by atoms with E-state index in [2.05, 4.69) is 10.3 Å². The van der Waals surface area contributed by atoms with E-state index >= 15 is 0 Å². The molecule has 2 amide bonds. The quantitative estimate of drug-likeness (QED) is 0.293. The molecule has 0 fully saturated rings. The zero-order valence-corrected chi connectivity index (χ0v) is 19.3. The zero-order chi connectivity index (χ0) is 25.1. The second-order valence-corrected chi connectivity index (χ2v) is 8.68. The van der Waals surface area contributed by atoms with Crippen LogP contribution in [0.25, 0.3) is 10.6 Å². The van der Waals surface area contributed by atoms with Gasteiger partial charge in [0.1, 0.15) is 5.01 Å². The molecule has 11 heteroatoms. The molecule has 0 aliphatic carbocycles. The summed E-state index contributed by atoms with van der Waals surface area (Å²) >= 11 is 1.52. The maximum atomic E-state index is 12.7. The first-order valence-corrected chi connectivity index (χ1v) is 11.6. The number of primary amides is 1. The van der Waals surface area contributed by atoms with E-state index in [-0.39, 0.29) is 38.5 Å². The lowest BCUT2D eigenvalue weighted by Crippen LogP contribution is -2.43. The Bertz CT molecular complexity index is 1010. The second-order valence-electron chi connectivity index (χ2n) is 7.79. The summed E-state index contributed by atoms with van der Waals surface area (Å²) < 4.78 is 0. The van der Waals surface area contributed by atoms with E-state index in [1.807, 2.05) is 29.6 Å². The van der Waals surface area contributed by atoms with Crippen molar-refractivity contribution in [2.45, 2.75) is 51.0 Å². The summed E-state index contributed by atoms with van der Waals surface area (Å²) in [5.41, 5.74) is 7.16. The van der Waals surface area contributed by atoms with Crippen molar-refractivity contribution in [2.24, 2.45) is 11.7 Å². The van der Waals surface area contributed by atoms with Gasteiger partial charge in [-0.1, -0.05) is 24.3 Å². The van der Waals surface area contributed by atoms with Crippen molar-refractivity contribution < 1.29 is 34.2 Å². The number of Topliss-reactive ketones (excluding diaryl/α,β-unsaturated/α-hetero) is 1. The van der Waals surface area contributed by atoms with Crippen molar-refractivity contribution in [1.82, 2.24) is 10.3 Å². The van der Waals surface area contributed by atoms with E-state index in [4.69, 9.17) is 15.9 Å². The summed E-state index contributed by atoms with van der Waals surface area (Å²) in [6.45, 7) is 0. The van der Waals surface area contributed by atoms with Crippen LogP contribution >= 0.6 is 11.3 Å². The topological polar surface area (TPSA) is 177 Å². The average molecular weight is 490 g/mol. The summed E-state index contributed by atoms with van der Waals surface area (Å²) in [7, 11) is 0. The Morgan fingerprint density at radius 2 is 1.62 bits per heavy atom. The summed E-state index contributed by atoms with van der Waals surface area (Å²) in [6.07, 6.45) is 0.876. The van der Waals surface area contributed by atoms with E-state index in [0.717, 1.165) is 16.1 Å². The van der Waals surface area contributed by atoms with Gasteiger partial charge >= 0.3 is 11.9 Å². The lowest BCUT2D eigenvalue weighted by molar-refractivity contribution is -0.139. The zero-order valence-electron chi connectivity index (χ0n) is 18.4. The Balaban J connectivity index is 1.95. The second kappa shape index (κ2) is 13.2. The van der Waals surface area contributed by atoms with E-state index in [9.17, 15) is 24.0 Å². The van der Waals surface area contributed by atoms with Gasteiger partial charge in [-0.05, 0) is 24.8 Å². The highest BCUT2D eigenvalue weighted by Crippen LogP contribution is 2.22. The van der Waals surface area contributed by atoms with E-state index < -0.39 is 41.5 Å². The lowest BCUT2D eigenvalue weighted by atomic mass is 9.92. The molecule has 0 radical (unpaired) electrons. The first kappa shape index (κ1) is 26.7. The minimum Gasteiger partial charge on any atom is -0.481 e. The van der Waals surface area contributed by atoms with E-state index in [1.165, 1.54) is 11.3 Å². The first-order chi connectivity index (χ1) is 16.2. The number of aryl methyl sites for hydroxylation is 1. The van der Waals surface area contributed by atoms with Crippen molar-refractivity contribution in [1.29, 1.82) is 0 Å². The molecular formula is C23H27N3O7S. The summed E-state index contributed by atoms with van der Waals surface area (Å²) in [5, 5.41) is 23.1. The van der Waals surface area contributed by atoms with Crippen LogP contribution in [-0.4, -0.2) is 50.8 Å². The number of nitrogens with two attached hydrogens (primary N) is 1. The number of nitrogens with zero attached hydrogens (tertiary/aromatic N) is 1. The van der Waals surface area contributed by atoms with Crippen LogP contribution in [0.3, 0.4) is 0 Å². The fourth-order valence-electron chi connectivity index (χ4n) is 3.31. The van der Waals surface area contributed by atoms with Crippen LogP contribution < -0.4 is 11.1 Å². The predicted octanol–water partition coefficient (Wildman–Crippen LogP) is 2.02. The molecule has 2 rings (SSSR count). The molecule has 2 aromatic rings. The van der Waals surface area contributed by atoms with Gasteiger partial charge < -0.3 is 21.3 Å². The Labute approximate surface area is 200 Å². The SMILES string of the molecule is NC(=O)[C@H](CCC(=O)O)CC(=O)[C@H](CCC(=O)O)NC(=O)CCc1ccc(-c2nccs2)cc1. The predicted molar refractivity (Wildman–Crippen MR) is 124 cm³/mol. The standard InChI is InChI=1S/C23H27N3O7S/c24-22(33)16(6-9-20(29)30)13-18(27)17(7-10-21(31)32)26-19(28)8-3-14-1-4-15(5-2-14)23-25-11-12-34-23/h1-2,4-5,11-12,16-17H,3,6-10,13H2,(H2,24,33)(H,26,28)(H,29,30)(H,31,32)/t16-,17+/m1/s1. The molecule has 0 bridgehead atoms. The van der Waals surface area contributed by atoms with Gasteiger partial charge in [-0.2, -0.15) is 0 Å². The Hall–Kier alpha value is -3.60. The highest BCUT2D eigenvalue weighted by Gasteiger charge is 2.27. The lowest BCUT2D eigenvalue weighted by Gasteiger charge is -2.19. The summed E-state index contributed by atoms with van der Waals surface area (Å²) in [6, 6.07) is 6.48. The van der Waals surface area contributed by atoms with Gasteiger partial charge in [0.15, 0.2) is 5.78 Å². The Morgan fingerprint density at radius 3 is 2.18 bits per heavy atom. The molecule has 182 valence electrons. The van der Waals surface area contributed by atoms with Crippen molar-refractivity contribution in [2.75, 3.05) is 0 Å². The van der Waals surface area contributed by atoms with Crippen LogP contribution in [-0.2, 0) is 30.4 Å². The smallest absolute Gasteiger partial charge is 0.303 e. The van der Waals surface area contributed by atoms with Gasteiger partial charge in [0.2, 0.25) is 11.8 Å². The molecular weight excluding hydrogens is 462 g/mol. The Morgan fingerprint density at radius 1 is 0.971 bits per heavy atom. The number of aliphatic carboxylic acids is 2. The molecule has 1 heterocycles. The number of hydrogen-bond donors (Lipinski definition) is 4. The molecule has 0 aliphatic heterocycles. The van der Waals surface area contributed by atoms with Crippen molar-refractivity contribution in [3.8, 4) is 10.6 Å². The normalized spacial score (nSPS) is 12.5. The van der Waals surface area contributed by atoms with Crippen molar-refractivity contribution in [3.05, 3.63) is 41.4 Å². The number of rotatable bonds is 15. The maximum absolute atomic E-state index is 12.7. The first-order valence-electron chi connectivity index (χ1n) is 10.7. The van der Waals surface area contributed by atoms with Crippen molar-refractivity contribution >= 4 is 40.9 Å². The number of benzene rings is 1. The van der Waals surface area contributed by atoms with Gasteiger partial charge in [-0.25, -0.2) is 4.98 Å². The van der Waals surface area contributed by atoms with Gasteiger partial charge in [-0.3, -0.25) is 24.0 Å². The van der Waals surface area contributed by atoms with Gasteiger partial charge in [0.25, 0.3) is 0 Å². The summed E-state index contributed by atoms with van der Waals surface area (Å²) in [5.74, 6) is -5.09. The third-order valence-corrected chi connectivity index (χ3v) is 6.02. The number of thiazole rings is 1. The van der Waals surface area contributed by atoms with Crippen LogP contribution in [0.2, 0.25) is 0 Å².